The van der Waals surface area contributed by atoms with E-state index < -0.39 is 0 Å². The molecular formula is C20H20N4O2. The van der Waals surface area contributed by atoms with Crippen LogP contribution < -0.4 is 15.4 Å². The van der Waals surface area contributed by atoms with Gasteiger partial charge in [0, 0.05) is 23.0 Å². The van der Waals surface area contributed by atoms with Crippen molar-refractivity contribution in [2.75, 3.05) is 17.2 Å². The second-order valence-electron chi connectivity index (χ2n) is 5.71. The number of carbonyl (C=O) groups is 1. The van der Waals surface area contributed by atoms with E-state index in [9.17, 15) is 4.79 Å². The molecule has 3 aromatic rings. The molecule has 0 fully saturated rings. The third-order valence-electron chi connectivity index (χ3n) is 3.68. The van der Waals surface area contributed by atoms with Crippen molar-refractivity contribution in [2.45, 2.75) is 13.8 Å². The molecule has 6 nitrogen and oxygen atoms in total. The Morgan fingerprint density at radius 3 is 2.04 bits per heavy atom. The van der Waals surface area contributed by atoms with Crippen molar-refractivity contribution in [1.82, 2.24) is 10.2 Å². The van der Waals surface area contributed by atoms with Crippen LogP contribution in [0.3, 0.4) is 0 Å². The molecule has 26 heavy (non-hydrogen) atoms. The molecule has 1 aromatic heterocycles. The normalized spacial score (nSPS) is 10.2. The SMILES string of the molecule is CCOc1ccc(-c2ccc(NC(=O)Nc3ccc(C)cc3)cc2)nn1. The largest absolute Gasteiger partial charge is 0.477 e. The summed E-state index contributed by atoms with van der Waals surface area (Å²) in [6.45, 7) is 4.45. The van der Waals surface area contributed by atoms with Crippen molar-refractivity contribution in [3.63, 3.8) is 0 Å². The molecule has 2 aromatic carbocycles. The van der Waals surface area contributed by atoms with Crippen molar-refractivity contribution in [3.05, 3.63) is 66.2 Å². The molecule has 0 aliphatic rings. The van der Waals surface area contributed by atoms with E-state index in [0.29, 0.717) is 18.2 Å². The van der Waals surface area contributed by atoms with Gasteiger partial charge < -0.3 is 15.4 Å². The Morgan fingerprint density at radius 1 is 0.885 bits per heavy atom. The maximum absolute atomic E-state index is 12.1. The molecule has 2 N–H and O–H groups in total. The van der Waals surface area contributed by atoms with Crippen molar-refractivity contribution in [1.29, 1.82) is 0 Å². The highest BCUT2D eigenvalue weighted by atomic mass is 16.5. The van der Waals surface area contributed by atoms with Gasteiger partial charge in [-0.05, 0) is 44.2 Å². The number of anilines is 2. The first-order valence-corrected chi connectivity index (χ1v) is 8.35. The average molecular weight is 348 g/mol. The molecule has 0 bridgehead atoms. The molecule has 0 spiro atoms. The second kappa shape index (κ2) is 8.11. The lowest BCUT2D eigenvalue weighted by atomic mass is 10.1. The van der Waals surface area contributed by atoms with Gasteiger partial charge in [-0.3, -0.25) is 0 Å². The molecule has 3 rings (SSSR count). The standard InChI is InChI=1S/C20H20N4O2/c1-3-26-19-13-12-18(23-24-19)15-6-10-17(11-7-15)22-20(25)21-16-8-4-14(2)5-9-16/h4-13H,3H2,1-2H3,(H2,21,22,25). The third kappa shape index (κ3) is 4.57. The number of aromatic nitrogens is 2. The number of nitrogens with zero attached hydrogens (tertiary/aromatic N) is 2. The second-order valence-corrected chi connectivity index (χ2v) is 5.71. The molecule has 2 amide bonds. The molecule has 0 atom stereocenters. The Morgan fingerprint density at radius 2 is 1.50 bits per heavy atom. The summed E-state index contributed by atoms with van der Waals surface area (Å²) in [5.74, 6) is 0.502. The fourth-order valence-corrected chi connectivity index (χ4v) is 2.35. The van der Waals surface area contributed by atoms with E-state index in [1.807, 2.05) is 68.4 Å². The molecule has 0 aliphatic carbocycles. The number of urea groups is 1. The van der Waals surface area contributed by atoms with E-state index in [1.54, 1.807) is 6.07 Å². The van der Waals surface area contributed by atoms with E-state index >= 15 is 0 Å². The van der Waals surface area contributed by atoms with Crippen LogP contribution in [-0.4, -0.2) is 22.8 Å². The summed E-state index contributed by atoms with van der Waals surface area (Å²) < 4.78 is 5.29. The maximum Gasteiger partial charge on any atom is 0.323 e. The topological polar surface area (TPSA) is 76.1 Å². The fourth-order valence-electron chi connectivity index (χ4n) is 2.35. The van der Waals surface area contributed by atoms with Crippen LogP contribution in [0.25, 0.3) is 11.3 Å². The van der Waals surface area contributed by atoms with Crippen LogP contribution in [0.15, 0.2) is 60.7 Å². The quantitative estimate of drug-likeness (QED) is 0.712. The summed E-state index contributed by atoms with van der Waals surface area (Å²) >= 11 is 0. The maximum atomic E-state index is 12.1. The van der Waals surface area contributed by atoms with Crippen LogP contribution in [0.4, 0.5) is 16.2 Å². The van der Waals surface area contributed by atoms with E-state index in [1.165, 1.54) is 0 Å². The minimum Gasteiger partial charge on any atom is -0.477 e. The molecular weight excluding hydrogens is 328 g/mol. The predicted octanol–water partition coefficient (Wildman–Crippen LogP) is 4.49. The van der Waals surface area contributed by atoms with E-state index in [2.05, 4.69) is 20.8 Å². The lowest BCUT2D eigenvalue weighted by Gasteiger charge is -2.09. The number of aryl methyl sites for hydroxylation is 1. The van der Waals surface area contributed by atoms with Gasteiger partial charge in [-0.1, -0.05) is 29.8 Å². The van der Waals surface area contributed by atoms with Gasteiger partial charge in [-0.2, -0.15) is 0 Å². The summed E-state index contributed by atoms with van der Waals surface area (Å²) in [7, 11) is 0. The zero-order valence-electron chi connectivity index (χ0n) is 14.7. The lowest BCUT2D eigenvalue weighted by molar-refractivity contribution is 0.262. The van der Waals surface area contributed by atoms with Crippen LogP contribution in [0, 0.1) is 6.92 Å². The van der Waals surface area contributed by atoms with Crippen molar-refractivity contribution in [2.24, 2.45) is 0 Å². The molecule has 1 heterocycles. The number of amides is 2. The van der Waals surface area contributed by atoms with Crippen LogP contribution in [0.2, 0.25) is 0 Å². The summed E-state index contributed by atoms with van der Waals surface area (Å²) in [6.07, 6.45) is 0. The Balaban J connectivity index is 1.61. The summed E-state index contributed by atoms with van der Waals surface area (Å²) in [6, 6.07) is 18.4. The Hall–Kier alpha value is -3.41. The number of benzene rings is 2. The summed E-state index contributed by atoms with van der Waals surface area (Å²) in [5, 5.41) is 13.8. The van der Waals surface area contributed by atoms with Crippen LogP contribution in [0.1, 0.15) is 12.5 Å². The first kappa shape index (κ1) is 17.4. The van der Waals surface area contributed by atoms with Gasteiger partial charge in [0.05, 0.1) is 12.3 Å². The number of nitrogens with one attached hydrogen (secondary N) is 2. The van der Waals surface area contributed by atoms with Gasteiger partial charge in [0.2, 0.25) is 5.88 Å². The third-order valence-corrected chi connectivity index (χ3v) is 3.68. The fraction of sp³-hybridized carbons (Fsp3) is 0.150. The van der Waals surface area contributed by atoms with Crippen molar-refractivity contribution >= 4 is 17.4 Å². The van der Waals surface area contributed by atoms with Crippen molar-refractivity contribution < 1.29 is 9.53 Å². The van der Waals surface area contributed by atoms with Gasteiger partial charge >= 0.3 is 6.03 Å². The molecule has 0 saturated carbocycles. The minimum absolute atomic E-state index is 0.289. The van der Waals surface area contributed by atoms with Gasteiger partial charge in [0.15, 0.2) is 0 Å². The Bertz CT molecular complexity index is 860. The van der Waals surface area contributed by atoms with Gasteiger partial charge in [0.25, 0.3) is 0 Å². The molecule has 0 aliphatic heterocycles. The number of hydrogen-bond donors (Lipinski definition) is 2. The van der Waals surface area contributed by atoms with Crippen LogP contribution in [-0.2, 0) is 0 Å². The summed E-state index contributed by atoms with van der Waals surface area (Å²) in [4.78, 5) is 12.1. The van der Waals surface area contributed by atoms with Crippen molar-refractivity contribution in [3.8, 4) is 17.1 Å². The molecule has 0 radical (unpaired) electrons. The van der Waals surface area contributed by atoms with Crippen LogP contribution >= 0.6 is 0 Å². The smallest absolute Gasteiger partial charge is 0.323 e. The lowest BCUT2D eigenvalue weighted by Crippen LogP contribution is -2.19. The van der Waals surface area contributed by atoms with Gasteiger partial charge in [0.1, 0.15) is 0 Å². The van der Waals surface area contributed by atoms with Gasteiger partial charge in [-0.25, -0.2) is 4.79 Å². The number of rotatable bonds is 5. The zero-order valence-corrected chi connectivity index (χ0v) is 14.7. The first-order chi connectivity index (χ1) is 12.6. The van der Waals surface area contributed by atoms with E-state index in [-0.39, 0.29) is 6.03 Å². The molecule has 0 saturated heterocycles. The number of carbonyl (C=O) groups excluding carboxylic acids is 1. The highest BCUT2D eigenvalue weighted by molar-refractivity contribution is 5.99. The average Bonchev–Trinajstić information content (AvgIpc) is 2.65. The minimum atomic E-state index is -0.289. The van der Waals surface area contributed by atoms with Gasteiger partial charge in [-0.15, -0.1) is 10.2 Å². The highest BCUT2D eigenvalue weighted by Crippen LogP contribution is 2.20. The molecule has 6 heteroatoms. The monoisotopic (exact) mass is 348 g/mol. The van der Waals surface area contributed by atoms with E-state index in [4.69, 9.17) is 4.74 Å². The first-order valence-electron chi connectivity index (χ1n) is 8.35. The Labute approximate surface area is 152 Å². The Kier molecular flexibility index (Phi) is 5.43. The predicted molar refractivity (Wildman–Crippen MR) is 102 cm³/mol. The van der Waals surface area contributed by atoms with E-state index in [0.717, 1.165) is 22.5 Å². The highest BCUT2D eigenvalue weighted by Gasteiger charge is 2.05. The summed E-state index contributed by atoms with van der Waals surface area (Å²) in [5.41, 5.74) is 4.23. The molecule has 0 unspecified atom stereocenters. The zero-order chi connectivity index (χ0) is 18.4. The molecule has 132 valence electrons. The van der Waals surface area contributed by atoms with Crippen LogP contribution in [0.5, 0.6) is 5.88 Å². The number of ether oxygens (including phenoxy) is 1. The number of hydrogen-bond acceptors (Lipinski definition) is 4.